The van der Waals surface area contributed by atoms with Gasteiger partial charge < -0.3 is 0 Å². The van der Waals surface area contributed by atoms with Crippen molar-refractivity contribution in [2.24, 2.45) is 5.10 Å². The average Bonchev–Trinajstić information content (AvgIpc) is 2.96. The first-order chi connectivity index (χ1) is 10.8. The van der Waals surface area contributed by atoms with Crippen molar-refractivity contribution < 1.29 is 0 Å². The molecule has 0 radical (unpaired) electrons. The smallest absolute Gasteiger partial charge is 0.191 e. The van der Waals surface area contributed by atoms with Crippen molar-refractivity contribution in [1.29, 1.82) is 0 Å². The molecule has 4 rings (SSSR count). The minimum absolute atomic E-state index is 0.125. The molecule has 0 saturated carbocycles. The van der Waals surface area contributed by atoms with E-state index in [4.69, 9.17) is 5.10 Å². The highest BCUT2D eigenvalue weighted by Gasteiger charge is 2.29. The summed E-state index contributed by atoms with van der Waals surface area (Å²) in [5.41, 5.74) is 3.39. The first-order valence-electron chi connectivity index (χ1n) is 7.11. The third-order valence-electron chi connectivity index (χ3n) is 3.62. The molecular weight excluding hydrogens is 292 g/mol. The van der Waals surface area contributed by atoms with Crippen LogP contribution in [0.2, 0.25) is 0 Å². The zero-order valence-corrected chi connectivity index (χ0v) is 12.9. The second kappa shape index (κ2) is 5.42. The van der Waals surface area contributed by atoms with Gasteiger partial charge in [-0.3, -0.25) is 0 Å². The predicted molar refractivity (Wildman–Crippen MR) is 88.2 cm³/mol. The van der Waals surface area contributed by atoms with Crippen molar-refractivity contribution in [2.45, 2.75) is 17.3 Å². The molecule has 1 aliphatic heterocycles. The molecule has 1 atom stereocenters. The highest BCUT2D eigenvalue weighted by Crippen LogP contribution is 2.40. The highest BCUT2D eigenvalue weighted by molar-refractivity contribution is 8.00. The van der Waals surface area contributed by atoms with E-state index in [-0.39, 0.29) is 5.25 Å². The van der Waals surface area contributed by atoms with Crippen LogP contribution in [-0.4, -0.2) is 20.6 Å². The summed E-state index contributed by atoms with van der Waals surface area (Å²) in [5.74, 6) is 0.808. The van der Waals surface area contributed by atoms with Crippen LogP contribution in [-0.2, 0) is 0 Å². The fourth-order valence-corrected chi connectivity index (χ4v) is 3.68. The first-order valence-corrected chi connectivity index (χ1v) is 7.99. The Morgan fingerprint density at radius 1 is 0.909 bits per heavy atom. The lowest BCUT2D eigenvalue weighted by atomic mass is 10.0. The monoisotopic (exact) mass is 306 g/mol. The van der Waals surface area contributed by atoms with E-state index in [9.17, 15) is 0 Å². The Labute approximate surface area is 132 Å². The van der Waals surface area contributed by atoms with Gasteiger partial charge in [0.1, 0.15) is 0 Å². The fraction of sp³-hybridized carbons (Fsp3) is 0.118. The molecule has 2 heterocycles. The number of aryl methyl sites for hydroxylation is 1. The zero-order valence-electron chi connectivity index (χ0n) is 12.0. The van der Waals surface area contributed by atoms with Crippen LogP contribution in [0.1, 0.15) is 22.2 Å². The summed E-state index contributed by atoms with van der Waals surface area (Å²) in [7, 11) is 0. The highest BCUT2D eigenvalue weighted by atomic mass is 32.2. The maximum absolute atomic E-state index is 4.82. The van der Waals surface area contributed by atoms with E-state index in [0.29, 0.717) is 0 Å². The van der Waals surface area contributed by atoms with Crippen molar-refractivity contribution >= 4 is 17.5 Å². The summed E-state index contributed by atoms with van der Waals surface area (Å²) >= 11 is 1.69. The minimum atomic E-state index is 0.125. The van der Waals surface area contributed by atoms with Crippen molar-refractivity contribution in [3.05, 3.63) is 77.6 Å². The number of hydrogen-bond acceptors (Lipinski definition) is 4. The van der Waals surface area contributed by atoms with Gasteiger partial charge in [0, 0.05) is 0 Å². The Morgan fingerprint density at radius 3 is 2.32 bits per heavy atom. The van der Waals surface area contributed by atoms with Crippen molar-refractivity contribution in [3.63, 3.8) is 0 Å². The van der Waals surface area contributed by atoms with Gasteiger partial charge in [-0.2, -0.15) is 9.78 Å². The summed E-state index contributed by atoms with van der Waals surface area (Å²) in [6, 6.07) is 20.7. The number of nitrogens with zero attached hydrogens (tertiary/aromatic N) is 4. The normalized spacial score (nSPS) is 17.0. The number of hydrogen-bond donors (Lipinski definition) is 0. The Kier molecular flexibility index (Phi) is 3.27. The summed E-state index contributed by atoms with van der Waals surface area (Å²) in [4.78, 5) is 0. The maximum Gasteiger partial charge on any atom is 0.213 e. The number of benzene rings is 2. The number of rotatable bonds is 2. The molecule has 0 fully saturated rings. The first kappa shape index (κ1) is 13.3. The van der Waals surface area contributed by atoms with Gasteiger partial charge in [0.15, 0.2) is 5.82 Å². The standard InChI is InChI=1S/C17H14N4S/c1-12-18-19-17-21(12)20-15(13-8-4-2-5-9-13)16(22-17)14-10-6-3-7-11-14/h2-11,16H,1H3/t16-/m0/s1. The van der Waals surface area contributed by atoms with E-state index in [1.54, 1.807) is 11.8 Å². The van der Waals surface area contributed by atoms with Crippen molar-refractivity contribution in [2.75, 3.05) is 0 Å². The van der Waals surface area contributed by atoms with E-state index in [2.05, 4.69) is 46.6 Å². The maximum atomic E-state index is 4.82. The number of fused-ring (bicyclic) bond motifs is 1. The van der Waals surface area contributed by atoms with Crippen LogP contribution < -0.4 is 0 Å². The predicted octanol–water partition coefficient (Wildman–Crippen LogP) is 3.69. The van der Waals surface area contributed by atoms with E-state index >= 15 is 0 Å². The minimum Gasteiger partial charge on any atom is -0.191 e. The molecular formula is C17H14N4S. The van der Waals surface area contributed by atoms with Gasteiger partial charge in [0.2, 0.25) is 5.16 Å². The lowest BCUT2D eigenvalue weighted by Gasteiger charge is -2.23. The fourth-order valence-electron chi connectivity index (χ4n) is 2.52. The quantitative estimate of drug-likeness (QED) is 0.725. The summed E-state index contributed by atoms with van der Waals surface area (Å²) in [6.45, 7) is 1.92. The lowest BCUT2D eigenvalue weighted by molar-refractivity contribution is 0.727. The van der Waals surface area contributed by atoms with Crippen molar-refractivity contribution in [3.8, 4) is 0 Å². The third-order valence-corrected chi connectivity index (χ3v) is 4.82. The number of thioether (sulfide) groups is 1. The molecule has 0 N–H and O–H groups in total. The second-order valence-electron chi connectivity index (χ2n) is 5.10. The Hall–Kier alpha value is -2.40. The van der Waals surface area contributed by atoms with Gasteiger partial charge in [-0.15, -0.1) is 10.2 Å². The second-order valence-corrected chi connectivity index (χ2v) is 6.17. The van der Waals surface area contributed by atoms with E-state index in [1.165, 1.54) is 5.56 Å². The van der Waals surface area contributed by atoms with Crippen LogP contribution in [0.15, 0.2) is 70.9 Å². The molecule has 1 aromatic heterocycles. The molecule has 0 spiro atoms. The topological polar surface area (TPSA) is 43.1 Å². The summed E-state index contributed by atoms with van der Waals surface area (Å²) in [6.07, 6.45) is 0. The molecule has 22 heavy (non-hydrogen) atoms. The van der Waals surface area contributed by atoms with Crippen LogP contribution in [0.3, 0.4) is 0 Å². The lowest BCUT2D eigenvalue weighted by Crippen LogP contribution is -2.18. The molecule has 5 heteroatoms. The van der Waals surface area contributed by atoms with Gasteiger partial charge >= 0.3 is 0 Å². The van der Waals surface area contributed by atoms with Gasteiger partial charge in [-0.1, -0.05) is 72.4 Å². The summed E-state index contributed by atoms with van der Waals surface area (Å²) in [5, 5.41) is 14.2. The van der Waals surface area contributed by atoms with Gasteiger partial charge in [-0.05, 0) is 18.1 Å². The van der Waals surface area contributed by atoms with E-state index in [1.807, 2.05) is 35.9 Å². The molecule has 1 aliphatic rings. The zero-order chi connectivity index (χ0) is 14.9. The molecule has 0 bridgehead atoms. The summed E-state index contributed by atoms with van der Waals surface area (Å²) < 4.78 is 1.83. The molecule has 0 saturated heterocycles. The molecule has 0 amide bonds. The largest absolute Gasteiger partial charge is 0.213 e. The SMILES string of the molecule is Cc1nnc2n1N=C(c1ccccc1)[C@H](c1ccccc1)S2. The molecule has 3 aromatic rings. The van der Waals surface area contributed by atoms with E-state index in [0.717, 1.165) is 22.3 Å². The van der Waals surface area contributed by atoms with Gasteiger partial charge in [-0.25, -0.2) is 0 Å². The van der Waals surface area contributed by atoms with Crippen LogP contribution in [0, 0.1) is 6.92 Å². The molecule has 108 valence electrons. The third kappa shape index (κ3) is 2.23. The molecule has 0 unspecified atom stereocenters. The molecule has 0 aliphatic carbocycles. The van der Waals surface area contributed by atoms with Gasteiger partial charge in [0.25, 0.3) is 0 Å². The number of aromatic nitrogens is 3. The van der Waals surface area contributed by atoms with Crippen LogP contribution in [0.5, 0.6) is 0 Å². The van der Waals surface area contributed by atoms with Crippen LogP contribution in [0.25, 0.3) is 0 Å². The molecule has 2 aromatic carbocycles. The Bertz CT molecular complexity index is 824. The Morgan fingerprint density at radius 2 is 1.59 bits per heavy atom. The average molecular weight is 306 g/mol. The van der Waals surface area contributed by atoms with Crippen LogP contribution >= 0.6 is 11.8 Å². The van der Waals surface area contributed by atoms with Gasteiger partial charge in [0.05, 0.1) is 11.0 Å². The Balaban J connectivity index is 1.88. The van der Waals surface area contributed by atoms with E-state index < -0.39 is 0 Å². The molecule has 4 nitrogen and oxygen atoms in total. The van der Waals surface area contributed by atoms with Crippen molar-refractivity contribution in [1.82, 2.24) is 14.9 Å². The van der Waals surface area contributed by atoms with Crippen LogP contribution in [0.4, 0.5) is 0 Å².